The van der Waals surface area contributed by atoms with Crippen molar-refractivity contribution in [3.8, 4) is 11.1 Å². The molecule has 28 heavy (non-hydrogen) atoms. The van der Waals surface area contributed by atoms with Crippen molar-refractivity contribution >= 4 is 18.0 Å². The van der Waals surface area contributed by atoms with Crippen molar-refractivity contribution in [2.45, 2.75) is 18.9 Å². The van der Waals surface area contributed by atoms with Crippen LogP contribution in [-0.4, -0.2) is 36.8 Å². The lowest BCUT2D eigenvalue weighted by molar-refractivity contribution is 0.120. The molecule has 2 N–H and O–H groups in total. The normalized spacial score (nSPS) is 18.7. The molecule has 2 amide bonds. The number of fused-ring (bicyclic) bond motifs is 1. The number of urea groups is 1. The monoisotopic (exact) mass is 403 g/mol. The Labute approximate surface area is 167 Å². The van der Waals surface area contributed by atoms with Gasteiger partial charge in [-0.1, -0.05) is 36.2 Å². The van der Waals surface area contributed by atoms with Crippen molar-refractivity contribution in [1.82, 2.24) is 14.9 Å². The summed E-state index contributed by atoms with van der Waals surface area (Å²) in [6.07, 6.45) is 3.50. The zero-order valence-corrected chi connectivity index (χ0v) is 16.5. The van der Waals surface area contributed by atoms with Gasteiger partial charge < -0.3 is 10.2 Å². The summed E-state index contributed by atoms with van der Waals surface area (Å²) in [7, 11) is 0. The highest BCUT2D eigenvalue weighted by Gasteiger charge is 2.34. The molecule has 1 fully saturated rings. The van der Waals surface area contributed by atoms with Crippen LogP contribution in [0.4, 0.5) is 13.6 Å². The first-order chi connectivity index (χ1) is 13.6. The van der Waals surface area contributed by atoms with Gasteiger partial charge in [-0.2, -0.15) is 0 Å². The maximum absolute atomic E-state index is 14.4. The van der Waals surface area contributed by atoms with Crippen LogP contribution in [0.3, 0.4) is 0 Å². The van der Waals surface area contributed by atoms with E-state index in [1.807, 2.05) is 18.4 Å². The number of hydrogen-bond acceptors (Lipinski definition) is 3. The number of carbonyl (C=O) groups excluding carboxylic acids is 1. The number of likely N-dealkylation sites (tertiary alicyclic amines) is 1. The summed E-state index contributed by atoms with van der Waals surface area (Å²) >= 11 is 1.58. The molecule has 1 aliphatic heterocycles. The Hall–Kier alpha value is -2.12. The average molecular weight is 403 g/mol. The first kappa shape index (κ1) is 19.2. The minimum Gasteiger partial charge on any atom is -0.331 e. The quantitative estimate of drug-likeness (QED) is 0.738. The highest BCUT2D eigenvalue weighted by Crippen LogP contribution is 2.40. The molecule has 2 aromatic rings. The van der Waals surface area contributed by atoms with Crippen LogP contribution < -0.4 is 10.0 Å². The Bertz CT molecular complexity index is 866. The van der Waals surface area contributed by atoms with E-state index < -0.39 is 11.6 Å². The molecule has 0 unspecified atom stereocenters. The lowest BCUT2D eigenvalue weighted by Gasteiger charge is -2.39. The van der Waals surface area contributed by atoms with Crippen LogP contribution in [0.25, 0.3) is 11.1 Å². The van der Waals surface area contributed by atoms with Crippen LogP contribution in [0.15, 0.2) is 36.4 Å². The fourth-order valence-electron chi connectivity index (χ4n) is 4.11. The Morgan fingerprint density at radius 2 is 1.89 bits per heavy atom. The van der Waals surface area contributed by atoms with Gasteiger partial charge in [-0.05, 0) is 47.9 Å². The van der Waals surface area contributed by atoms with E-state index in [4.69, 9.17) is 0 Å². The van der Waals surface area contributed by atoms with E-state index in [1.165, 1.54) is 18.2 Å². The number of benzene rings is 2. The maximum Gasteiger partial charge on any atom is 0.317 e. The molecular formula is C21H23F2N3OS. The second-order valence-corrected chi connectivity index (χ2v) is 8.04. The van der Waals surface area contributed by atoms with Crippen molar-refractivity contribution in [3.05, 3.63) is 59.2 Å². The fourth-order valence-corrected chi connectivity index (χ4v) is 4.51. The van der Waals surface area contributed by atoms with E-state index in [1.54, 1.807) is 22.9 Å². The summed E-state index contributed by atoms with van der Waals surface area (Å²) in [5.74, 6) is -0.702. The third-order valence-corrected chi connectivity index (χ3v) is 5.99. The Morgan fingerprint density at radius 3 is 2.61 bits per heavy atom. The Balaban J connectivity index is 1.53. The summed E-state index contributed by atoms with van der Waals surface area (Å²) in [5.41, 5.74) is 2.38. The van der Waals surface area contributed by atoms with Gasteiger partial charge in [0, 0.05) is 25.6 Å². The third-order valence-electron chi connectivity index (χ3n) is 5.54. The van der Waals surface area contributed by atoms with E-state index in [-0.39, 0.29) is 17.6 Å². The number of rotatable bonds is 5. The zero-order valence-electron chi connectivity index (χ0n) is 15.7. The van der Waals surface area contributed by atoms with Gasteiger partial charge >= 0.3 is 6.03 Å². The van der Waals surface area contributed by atoms with Gasteiger partial charge in [-0.25, -0.2) is 13.6 Å². The fraction of sp³-hybridized carbons (Fsp3) is 0.381. The van der Waals surface area contributed by atoms with Gasteiger partial charge in [0.2, 0.25) is 0 Å². The molecule has 1 atom stereocenters. The summed E-state index contributed by atoms with van der Waals surface area (Å²) in [5, 5.41) is 3.08. The van der Waals surface area contributed by atoms with Gasteiger partial charge in [-0.15, -0.1) is 0 Å². The van der Waals surface area contributed by atoms with E-state index in [0.717, 1.165) is 43.6 Å². The van der Waals surface area contributed by atoms with Crippen LogP contribution in [0.2, 0.25) is 0 Å². The SMILES string of the molecule is CSNCC1CN(C(=O)N[C@@H]2CCc3cccc(-c4c(F)cccc4F)c32)C1. The first-order valence-corrected chi connectivity index (χ1v) is 10.7. The molecule has 0 aromatic heterocycles. The lowest BCUT2D eigenvalue weighted by Crippen LogP contribution is -2.56. The number of carbonyl (C=O) groups is 1. The number of amides is 2. The molecule has 4 nitrogen and oxygen atoms in total. The molecule has 7 heteroatoms. The highest BCUT2D eigenvalue weighted by molar-refractivity contribution is 7.96. The lowest BCUT2D eigenvalue weighted by atomic mass is 9.94. The molecule has 2 aliphatic rings. The summed E-state index contributed by atoms with van der Waals surface area (Å²) in [6, 6.07) is 9.08. The van der Waals surface area contributed by atoms with Crippen LogP contribution in [0.5, 0.6) is 0 Å². The second-order valence-electron chi connectivity index (χ2n) is 7.34. The predicted octanol–water partition coefficient (Wildman–Crippen LogP) is 4.13. The number of aryl methyl sites for hydroxylation is 1. The van der Waals surface area contributed by atoms with E-state index in [9.17, 15) is 13.6 Å². The molecular weight excluding hydrogens is 380 g/mol. The van der Waals surface area contributed by atoms with Crippen molar-refractivity contribution in [1.29, 1.82) is 0 Å². The Morgan fingerprint density at radius 1 is 1.18 bits per heavy atom. The molecule has 2 aromatic carbocycles. The second kappa shape index (κ2) is 8.09. The molecule has 0 spiro atoms. The number of hydrogen-bond donors (Lipinski definition) is 2. The number of nitrogens with zero attached hydrogens (tertiary/aromatic N) is 1. The summed E-state index contributed by atoms with van der Waals surface area (Å²) in [4.78, 5) is 14.4. The molecule has 0 radical (unpaired) electrons. The predicted molar refractivity (Wildman–Crippen MR) is 108 cm³/mol. The number of nitrogens with one attached hydrogen (secondary N) is 2. The minimum atomic E-state index is -0.586. The van der Waals surface area contributed by atoms with E-state index in [0.29, 0.717) is 11.5 Å². The summed E-state index contributed by atoms with van der Waals surface area (Å²) < 4.78 is 32.0. The maximum atomic E-state index is 14.4. The first-order valence-electron chi connectivity index (χ1n) is 9.46. The smallest absolute Gasteiger partial charge is 0.317 e. The molecule has 1 aliphatic carbocycles. The Kier molecular flexibility index (Phi) is 5.55. The summed E-state index contributed by atoms with van der Waals surface area (Å²) in [6.45, 7) is 2.33. The van der Waals surface area contributed by atoms with Gasteiger partial charge in [0.05, 0.1) is 11.6 Å². The molecule has 0 saturated carbocycles. The van der Waals surface area contributed by atoms with Gasteiger partial charge in [0.1, 0.15) is 11.6 Å². The van der Waals surface area contributed by atoms with Crippen LogP contribution in [0, 0.1) is 17.6 Å². The van der Waals surface area contributed by atoms with Crippen LogP contribution in [0.1, 0.15) is 23.6 Å². The molecule has 1 saturated heterocycles. The van der Waals surface area contributed by atoms with Crippen molar-refractivity contribution < 1.29 is 13.6 Å². The van der Waals surface area contributed by atoms with Crippen molar-refractivity contribution in [3.63, 3.8) is 0 Å². The van der Waals surface area contributed by atoms with E-state index >= 15 is 0 Å². The zero-order chi connectivity index (χ0) is 19.7. The van der Waals surface area contributed by atoms with Gasteiger partial charge in [-0.3, -0.25) is 4.72 Å². The van der Waals surface area contributed by atoms with Crippen LogP contribution in [-0.2, 0) is 6.42 Å². The van der Waals surface area contributed by atoms with Crippen molar-refractivity contribution in [2.75, 3.05) is 25.9 Å². The molecule has 1 heterocycles. The van der Waals surface area contributed by atoms with Crippen LogP contribution >= 0.6 is 11.9 Å². The minimum absolute atomic E-state index is 0.0207. The standard InChI is InChI=1S/C21H23F2N3OS/c1-28-24-10-13-11-26(12-13)21(27)25-18-9-8-14-4-2-5-15(19(14)18)20-16(22)6-3-7-17(20)23/h2-7,13,18,24H,8-12H2,1H3,(H,25,27)/t18-/m1/s1. The van der Waals surface area contributed by atoms with E-state index in [2.05, 4.69) is 10.0 Å². The topological polar surface area (TPSA) is 44.4 Å². The average Bonchev–Trinajstić information content (AvgIpc) is 3.04. The molecule has 0 bridgehead atoms. The number of halogens is 2. The third kappa shape index (κ3) is 3.61. The van der Waals surface area contributed by atoms with Crippen molar-refractivity contribution in [2.24, 2.45) is 5.92 Å². The molecule has 4 rings (SSSR count). The van der Waals surface area contributed by atoms with Gasteiger partial charge in [0.25, 0.3) is 0 Å². The molecule has 148 valence electrons. The van der Waals surface area contributed by atoms with Gasteiger partial charge in [0.15, 0.2) is 0 Å². The highest BCUT2D eigenvalue weighted by atomic mass is 32.2. The largest absolute Gasteiger partial charge is 0.331 e.